The van der Waals surface area contributed by atoms with Gasteiger partial charge in [0.2, 0.25) is 0 Å². The van der Waals surface area contributed by atoms with Crippen LogP contribution in [-0.2, 0) is 0 Å². The van der Waals surface area contributed by atoms with Crippen LogP contribution in [0.3, 0.4) is 0 Å². The van der Waals surface area contributed by atoms with Crippen molar-refractivity contribution in [2.45, 2.75) is 12.8 Å². The van der Waals surface area contributed by atoms with E-state index < -0.39 is 0 Å². The first-order valence-electron chi connectivity index (χ1n) is 10.8. The molecule has 2 aliphatic rings. The molecule has 31 heavy (non-hydrogen) atoms. The first-order chi connectivity index (χ1) is 15.2. The number of carbonyl (C=O) groups is 1. The van der Waals surface area contributed by atoms with Gasteiger partial charge >= 0.3 is 0 Å². The van der Waals surface area contributed by atoms with Gasteiger partial charge in [0.1, 0.15) is 0 Å². The van der Waals surface area contributed by atoms with Crippen molar-refractivity contribution in [1.82, 2.24) is 15.1 Å². The van der Waals surface area contributed by atoms with Crippen LogP contribution in [0.4, 0.5) is 11.4 Å². The number of hydrogen-bond acceptors (Lipinski definition) is 4. The first kappa shape index (κ1) is 20.1. The molecule has 7 heteroatoms. The van der Waals surface area contributed by atoms with Crippen molar-refractivity contribution in [1.29, 1.82) is 0 Å². The third-order valence-electron chi connectivity index (χ3n) is 6.07. The minimum Gasteiger partial charge on any atom is -0.369 e. The fourth-order valence-electron chi connectivity index (χ4n) is 4.13. The van der Waals surface area contributed by atoms with Crippen LogP contribution >= 0.6 is 11.6 Å². The van der Waals surface area contributed by atoms with Gasteiger partial charge in [-0.3, -0.25) is 14.8 Å². The Balaban J connectivity index is 1.25. The van der Waals surface area contributed by atoms with Crippen LogP contribution in [0.15, 0.2) is 54.7 Å². The van der Waals surface area contributed by atoms with E-state index in [-0.39, 0.29) is 5.91 Å². The summed E-state index contributed by atoms with van der Waals surface area (Å²) in [5.74, 6) is 0.746. The number of piperazine rings is 1. The van der Waals surface area contributed by atoms with Crippen LogP contribution in [0, 0.1) is 5.92 Å². The van der Waals surface area contributed by atoms with Gasteiger partial charge in [0, 0.05) is 54.7 Å². The molecule has 6 nitrogen and oxygen atoms in total. The van der Waals surface area contributed by atoms with Gasteiger partial charge in [-0.1, -0.05) is 29.8 Å². The number of amides is 1. The van der Waals surface area contributed by atoms with Crippen LogP contribution in [0.5, 0.6) is 0 Å². The largest absolute Gasteiger partial charge is 0.369 e. The van der Waals surface area contributed by atoms with E-state index in [4.69, 9.17) is 11.6 Å². The number of benzene rings is 2. The van der Waals surface area contributed by atoms with E-state index in [2.05, 4.69) is 37.4 Å². The average molecular weight is 436 g/mol. The highest BCUT2D eigenvalue weighted by atomic mass is 35.5. The van der Waals surface area contributed by atoms with Crippen molar-refractivity contribution in [3.63, 3.8) is 0 Å². The van der Waals surface area contributed by atoms with E-state index in [0.29, 0.717) is 16.3 Å². The van der Waals surface area contributed by atoms with Crippen LogP contribution in [0.2, 0.25) is 5.02 Å². The fourth-order valence-corrected chi connectivity index (χ4v) is 4.25. The zero-order valence-electron chi connectivity index (χ0n) is 17.4. The Hall–Kier alpha value is -2.83. The number of anilines is 2. The second kappa shape index (κ2) is 8.73. The summed E-state index contributed by atoms with van der Waals surface area (Å²) in [4.78, 5) is 17.9. The highest BCUT2D eigenvalue weighted by Gasteiger charge is 2.26. The van der Waals surface area contributed by atoms with Gasteiger partial charge in [0.15, 0.2) is 0 Å². The van der Waals surface area contributed by atoms with Crippen LogP contribution < -0.4 is 10.2 Å². The summed E-state index contributed by atoms with van der Waals surface area (Å²) >= 11 is 5.98. The molecule has 1 aliphatic heterocycles. The highest BCUT2D eigenvalue weighted by molar-refractivity contribution is 6.30. The quantitative estimate of drug-likeness (QED) is 0.597. The molecule has 1 amide bonds. The monoisotopic (exact) mass is 435 g/mol. The lowest BCUT2D eigenvalue weighted by Gasteiger charge is -2.36. The Kier molecular flexibility index (Phi) is 5.66. The van der Waals surface area contributed by atoms with Gasteiger partial charge in [0.25, 0.3) is 5.91 Å². The number of hydrogen-bond donors (Lipinski definition) is 2. The van der Waals surface area contributed by atoms with Crippen molar-refractivity contribution in [2.75, 3.05) is 42.9 Å². The van der Waals surface area contributed by atoms with Crippen molar-refractivity contribution < 1.29 is 4.79 Å². The maximum atomic E-state index is 13.0. The molecule has 1 aromatic heterocycles. The highest BCUT2D eigenvalue weighted by Crippen LogP contribution is 2.30. The minimum atomic E-state index is -0.190. The second-order valence-electron chi connectivity index (χ2n) is 8.40. The van der Waals surface area contributed by atoms with Crippen LogP contribution in [0.1, 0.15) is 23.2 Å². The number of carbonyl (C=O) groups excluding carboxylic acids is 1. The molecule has 1 saturated carbocycles. The lowest BCUT2D eigenvalue weighted by atomic mass is 10.1. The Morgan fingerprint density at radius 2 is 1.87 bits per heavy atom. The van der Waals surface area contributed by atoms with E-state index in [1.54, 1.807) is 18.3 Å². The Labute approximate surface area is 187 Å². The molecule has 0 bridgehead atoms. The normalized spacial score (nSPS) is 17.0. The second-order valence-corrected chi connectivity index (χ2v) is 8.84. The molecule has 1 saturated heterocycles. The molecule has 0 spiro atoms. The number of nitrogens with zero attached hydrogens (tertiary/aromatic N) is 3. The number of rotatable bonds is 6. The third kappa shape index (κ3) is 4.75. The SMILES string of the molecule is O=C(Nc1cccc(N2CCN(CC3CC3)CC2)c1)c1cn[nH]c1-c1ccc(Cl)cc1. The van der Waals surface area contributed by atoms with E-state index in [9.17, 15) is 4.79 Å². The van der Waals surface area contributed by atoms with Gasteiger partial charge in [-0.25, -0.2) is 0 Å². The molecule has 2 heterocycles. The molecule has 2 fully saturated rings. The van der Waals surface area contributed by atoms with Crippen molar-refractivity contribution in [2.24, 2.45) is 5.92 Å². The summed E-state index contributed by atoms with van der Waals surface area (Å²) in [5, 5.41) is 10.7. The first-order valence-corrected chi connectivity index (χ1v) is 11.2. The average Bonchev–Trinajstić information content (AvgIpc) is 3.46. The Morgan fingerprint density at radius 3 is 2.61 bits per heavy atom. The number of H-pyrrole nitrogens is 1. The van der Waals surface area contributed by atoms with Gasteiger partial charge in [-0.05, 0) is 49.1 Å². The summed E-state index contributed by atoms with van der Waals surface area (Å²) < 4.78 is 0. The third-order valence-corrected chi connectivity index (χ3v) is 6.32. The molecule has 0 radical (unpaired) electrons. The van der Waals surface area contributed by atoms with Crippen molar-refractivity contribution in [3.8, 4) is 11.3 Å². The zero-order valence-corrected chi connectivity index (χ0v) is 18.1. The van der Waals surface area contributed by atoms with Crippen LogP contribution in [0.25, 0.3) is 11.3 Å². The van der Waals surface area contributed by atoms with E-state index in [0.717, 1.165) is 49.0 Å². The van der Waals surface area contributed by atoms with E-state index in [1.807, 2.05) is 24.3 Å². The lowest BCUT2D eigenvalue weighted by molar-refractivity contribution is 0.102. The van der Waals surface area contributed by atoms with E-state index >= 15 is 0 Å². The van der Waals surface area contributed by atoms with Crippen molar-refractivity contribution in [3.05, 3.63) is 65.3 Å². The molecule has 160 valence electrons. The van der Waals surface area contributed by atoms with Gasteiger partial charge < -0.3 is 10.2 Å². The van der Waals surface area contributed by atoms with Gasteiger partial charge in [0.05, 0.1) is 17.5 Å². The predicted molar refractivity (Wildman–Crippen MR) is 125 cm³/mol. The molecule has 0 atom stereocenters. The molecule has 3 aromatic rings. The molecule has 2 aromatic carbocycles. The molecule has 1 aliphatic carbocycles. The number of aromatic amines is 1. The Morgan fingerprint density at radius 1 is 1.10 bits per heavy atom. The number of halogens is 1. The maximum absolute atomic E-state index is 13.0. The lowest BCUT2D eigenvalue weighted by Crippen LogP contribution is -2.47. The number of nitrogens with one attached hydrogen (secondary N) is 2. The maximum Gasteiger partial charge on any atom is 0.259 e. The summed E-state index contributed by atoms with van der Waals surface area (Å²) in [6, 6.07) is 15.4. The minimum absolute atomic E-state index is 0.190. The molecule has 5 rings (SSSR count). The topological polar surface area (TPSA) is 64.3 Å². The molecular weight excluding hydrogens is 410 g/mol. The van der Waals surface area contributed by atoms with Crippen LogP contribution in [-0.4, -0.2) is 53.7 Å². The zero-order chi connectivity index (χ0) is 21.2. The van der Waals surface area contributed by atoms with Crippen molar-refractivity contribution >= 4 is 28.9 Å². The summed E-state index contributed by atoms with van der Waals surface area (Å²) in [5.41, 5.74) is 3.98. The number of aromatic nitrogens is 2. The summed E-state index contributed by atoms with van der Waals surface area (Å²) in [6.07, 6.45) is 4.36. The summed E-state index contributed by atoms with van der Waals surface area (Å²) in [6.45, 7) is 5.50. The molecule has 0 unspecified atom stereocenters. The molecule has 2 N–H and O–H groups in total. The molecular formula is C24H26ClN5O. The Bertz CT molecular complexity index is 1050. The fraction of sp³-hybridized carbons (Fsp3) is 0.333. The summed E-state index contributed by atoms with van der Waals surface area (Å²) in [7, 11) is 0. The predicted octanol–water partition coefficient (Wildman–Crippen LogP) is 4.51. The van der Waals surface area contributed by atoms with E-state index in [1.165, 1.54) is 19.4 Å². The van der Waals surface area contributed by atoms with Gasteiger partial charge in [-0.15, -0.1) is 0 Å². The smallest absolute Gasteiger partial charge is 0.259 e. The van der Waals surface area contributed by atoms with Gasteiger partial charge in [-0.2, -0.15) is 5.10 Å². The standard InChI is InChI=1S/C24H26ClN5O/c25-19-8-6-18(7-9-19)23-22(15-26-28-23)24(31)27-20-2-1-3-21(14-20)30-12-10-29(11-13-30)16-17-4-5-17/h1-3,6-9,14-15,17H,4-5,10-13,16H2,(H,26,28)(H,27,31).